The number of benzene rings is 3. The lowest BCUT2D eigenvalue weighted by atomic mass is 9.78. The normalized spacial score (nSPS) is 15.8. The van der Waals surface area contributed by atoms with Gasteiger partial charge in [0.1, 0.15) is 18.1 Å². The van der Waals surface area contributed by atoms with Gasteiger partial charge in [0.25, 0.3) is 0 Å². The largest absolute Gasteiger partial charge is 0.513 e. The summed E-state index contributed by atoms with van der Waals surface area (Å²) in [7, 11) is 0. The molecule has 3 aromatic rings. The summed E-state index contributed by atoms with van der Waals surface area (Å²) in [6.07, 6.45) is 2.31. The maximum atomic E-state index is 13.4. The minimum absolute atomic E-state index is 0.0300. The van der Waals surface area contributed by atoms with Crippen molar-refractivity contribution in [1.29, 1.82) is 0 Å². The molecule has 2 amide bonds. The maximum Gasteiger partial charge on any atom is 0.233 e. The molecule has 4 rings (SSSR count). The number of primary amides is 1. The number of nitrogens with one attached hydrogen (secondary N) is 1. The van der Waals surface area contributed by atoms with E-state index in [0.29, 0.717) is 42.8 Å². The third-order valence-electron chi connectivity index (χ3n) is 7.66. The predicted molar refractivity (Wildman–Crippen MR) is 188 cm³/mol. The number of carbonyl (C=O) groups is 2. The van der Waals surface area contributed by atoms with Crippen LogP contribution in [-0.2, 0) is 9.59 Å². The summed E-state index contributed by atoms with van der Waals surface area (Å²) < 4.78 is 17.1. The molecule has 3 atom stereocenters. The first-order chi connectivity index (χ1) is 22.8. The smallest absolute Gasteiger partial charge is 0.233 e. The molecule has 3 unspecified atom stereocenters. The van der Waals surface area contributed by atoms with E-state index >= 15 is 0 Å². The van der Waals surface area contributed by atoms with Crippen LogP contribution >= 0.6 is 0 Å². The molecular weight excluding hydrogens is 613 g/mol. The highest BCUT2D eigenvalue weighted by molar-refractivity contribution is 6.03. The van der Waals surface area contributed by atoms with E-state index in [0.717, 1.165) is 22.4 Å². The molecule has 0 radical (unpaired) electrons. The molecule has 1 fully saturated rings. The van der Waals surface area contributed by atoms with Crippen LogP contribution in [0.1, 0.15) is 67.5 Å². The summed E-state index contributed by atoms with van der Waals surface area (Å²) >= 11 is 0. The summed E-state index contributed by atoms with van der Waals surface area (Å²) in [6.45, 7) is 15.1. The first kappa shape index (κ1) is 39.1. The second-order valence-corrected chi connectivity index (χ2v) is 11.5. The summed E-state index contributed by atoms with van der Waals surface area (Å²) in [5.41, 5.74) is 9.23. The quantitative estimate of drug-likeness (QED) is 0.0743. The number of halogens is 1. The molecule has 6 N–H and O–H groups in total. The van der Waals surface area contributed by atoms with Crippen molar-refractivity contribution in [3.63, 3.8) is 0 Å². The Balaban J connectivity index is 0.000000900. The van der Waals surface area contributed by atoms with Gasteiger partial charge in [0.15, 0.2) is 0 Å². The highest BCUT2D eigenvalue weighted by atomic mass is 19.1. The third-order valence-corrected chi connectivity index (χ3v) is 7.66. The van der Waals surface area contributed by atoms with Crippen molar-refractivity contribution in [3.05, 3.63) is 126 Å². The van der Waals surface area contributed by atoms with Gasteiger partial charge in [-0.15, -0.1) is 0 Å². The van der Waals surface area contributed by atoms with E-state index < -0.39 is 6.10 Å². The number of phenols is 1. The van der Waals surface area contributed by atoms with Crippen LogP contribution in [0.4, 0.5) is 10.1 Å². The Bertz CT molecular complexity index is 1530. The van der Waals surface area contributed by atoms with Crippen LogP contribution in [0.5, 0.6) is 11.5 Å². The Morgan fingerprint density at radius 3 is 2.17 bits per heavy atom. The van der Waals surface area contributed by atoms with Gasteiger partial charge in [-0.2, -0.15) is 0 Å². The summed E-state index contributed by atoms with van der Waals surface area (Å²) in [6, 6.07) is 20.2. The van der Waals surface area contributed by atoms with Crippen LogP contribution in [-0.4, -0.2) is 40.8 Å². The third kappa shape index (κ3) is 11.9. The van der Waals surface area contributed by atoms with Crippen molar-refractivity contribution >= 4 is 18.0 Å². The number of aliphatic hydroxyl groups is 2. The Kier molecular flexibility index (Phi) is 15.9. The molecule has 0 aromatic heterocycles. The highest BCUT2D eigenvalue weighted by Gasteiger charge is 2.49. The molecule has 0 bridgehead atoms. The fraction of sp³-hybridized carbons (Fsp3) is 0.316. The molecule has 0 saturated carbocycles. The van der Waals surface area contributed by atoms with Crippen molar-refractivity contribution in [2.24, 2.45) is 11.7 Å². The number of aromatic hydroxyl groups is 1. The Morgan fingerprint density at radius 2 is 1.65 bits per heavy atom. The van der Waals surface area contributed by atoms with Crippen molar-refractivity contribution in [3.8, 4) is 11.5 Å². The van der Waals surface area contributed by atoms with Gasteiger partial charge in [0.2, 0.25) is 12.3 Å². The van der Waals surface area contributed by atoms with Gasteiger partial charge < -0.3 is 36.0 Å². The lowest BCUT2D eigenvalue weighted by Gasteiger charge is -2.48. The number of nitrogens with zero attached hydrogens (tertiary/aromatic N) is 1. The zero-order valence-electron chi connectivity index (χ0n) is 28.2. The van der Waals surface area contributed by atoms with Crippen molar-refractivity contribution in [2.45, 2.75) is 59.1 Å². The zero-order chi connectivity index (χ0) is 35.8. The number of anilines is 1. The van der Waals surface area contributed by atoms with Crippen LogP contribution < -0.4 is 20.7 Å². The molecule has 48 heavy (non-hydrogen) atoms. The number of β-lactam (4-membered cyclic amide) rings is 1. The summed E-state index contributed by atoms with van der Waals surface area (Å²) in [5, 5.41) is 34.1. The number of allylic oxidation sites excluding steroid dienone is 2. The molecule has 0 spiro atoms. The lowest BCUT2D eigenvalue weighted by Crippen LogP contribution is -2.55. The van der Waals surface area contributed by atoms with Crippen LogP contribution in [0.25, 0.3) is 0 Å². The molecule has 9 nitrogen and oxygen atoms in total. The van der Waals surface area contributed by atoms with Crippen LogP contribution in [0.3, 0.4) is 0 Å². The summed E-state index contributed by atoms with van der Waals surface area (Å²) in [4.78, 5) is 23.7. The summed E-state index contributed by atoms with van der Waals surface area (Å²) in [5.74, 6) is 0.0618. The van der Waals surface area contributed by atoms with Gasteiger partial charge in [-0.05, 0) is 70.4 Å². The number of hydrogen-bond acceptors (Lipinski definition) is 7. The molecule has 258 valence electrons. The maximum absolute atomic E-state index is 13.4. The number of aryl methyl sites for hydroxylation is 2. The first-order valence-corrected chi connectivity index (χ1v) is 15.6. The second-order valence-electron chi connectivity index (χ2n) is 11.5. The number of aliphatic hydroxyl groups excluding tert-OH is 2. The predicted octanol–water partition coefficient (Wildman–Crippen LogP) is 7.15. The molecule has 1 saturated heterocycles. The minimum Gasteiger partial charge on any atom is -0.513 e. The van der Waals surface area contributed by atoms with Gasteiger partial charge in [-0.3, -0.25) is 9.59 Å². The van der Waals surface area contributed by atoms with Gasteiger partial charge in [0, 0.05) is 36.0 Å². The molecule has 1 aliphatic heterocycles. The minimum atomic E-state index is -0.677. The molecule has 0 aliphatic carbocycles. The Morgan fingerprint density at radius 1 is 1.08 bits per heavy atom. The van der Waals surface area contributed by atoms with E-state index in [1.54, 1.807) is 30.0 Å². The number of carbonyl (C=O) groups excluding carboxylic acids is 2. The zero-order valence-corrected chi connectivity index (χ0v) is 28.2. The van der Waals surface area contributed by atoms with Gasteiger partial charge in [-0.25, -0.2) is 4.39 Å². The Labute approximate surface area is 282 Å². The van der Waals surface area contributed by atoms with E-state index in [1.165, 1.54) is 13.0 Å². The molecule has 1 aliphatic rings. The Hall–Kier alpha value is -5.09. The number of amides is 2. The van der Waals surface area contributed by atoms with E-state index in [2.05, 4.69) is 24.2 Å². The number of nitrogens with two attached hydrogens (primary N) is 1. The van der Waals surface area contributed by atoms with E-state index in [9.17, 15) is 24.5 Å². The van der Waals surface area contributed by atoms with Gasteiger partial charge in [-0.1, -0.05) is 66.8 Å². The SMILES string of the molecule is C/C=C(\C)F.C=C(O)CCNC(=C)COc1ccc(C2C(CCC(O)c3ccc(C)cc3)C(=O)N2c2ccc(C)cc2)c(O)c1.NC=O. The van der Waals surface area contributed by atoms with E-state index in [1.807, 2.05) is 62.4 Å². The van der Waals surface area contributed by atoms with E-state index in [4.69, 9.17) is 9.53 Å². The van der Waals surface area contributed by atoms with Crippen LogP contribution in [0.15, 0.2) is 103 Å². The highest BCUT2D eigenvalue weighted by Crippen LogP contribution is 2.49. The topological polar surface area (TPSA) is 145 Å². The fourth-order valence-electron chi connectivity index (χ4n) is 4.94. The average Bonchev–Trinajstić information content (AvgIpc) is 3.04. The van der Waals surface area contributed by atoms with Crippen LogP contribution in [0.2, 0.25) is 0 Å². The number of phenolic OH excluding ortho intramolecular Hbond substituents is 1. The lowest BCUT2D eigenvalue weighted by molar-refractivity contribution is -0.131. The van der Waals surface area contributed by atoms with Gasteiger partial charge in [0.05, 0.1) is 29.6 Å². The fourth-order valence-corrected chi connectivity index (χ4v) is 4.94. The van der Waals surface area contributed by atoms with Crippen molar-refractivity contribution in [2.75, 3.05) is 18.1 Å². The monoisotopic (exact) mass is 661 g/mol. The molecule has 10 heteroatoms. The van der Waals surface area contributed by atoms with Gasteiger partial charge >= 0.3 is 0 Å². The second kappa shape index (κ2) is 19.5. The number of ether oxygens (including phenoxy) is 1. The van der Waals surface area contributed by atoms with Crippen molar-refractivity contribution in [1.82, 2.24) is 5.32 Å². The number of rotatable bonds is 13. The average molecular weight is 662 g/mol. The van der Waals surface area contributed by atoms with E-state index in [-0.39, 0.29) is 48.2 Å². The first-order valence-electron chi connectivity index (χ1n) is 15.6. The molecular formula is C38H48FN3O6. The number of hydrogen-bond donors (Lipinski definition) is 5. The molecule has 1 heterocycles. The standard InChI is InChI=1S/C33H38N2O5.C4H7F.CH3NO/c1-21-5-9-25(10-6-21)30(37)16-15-29-32(35(33(29)39)26-11-7-22(2)8-12-26)28-14-13-27(19-31(28)38)40-20-23(3)34-18-17-24(4)36;1-3-4(2)5;2-1-3/h5-14,19,29-30,32,34,36-38H,3-4,15-18,20H2,1-2H3;3H,1-2H3;1H,(H2,2,3)/b;4-3+;. The molecule has 3 aromatic carbocycles. The van der Waals surface area contributed by atoms with Crippen molar-refractivity contribution < 1.29 is 34.0 Å². The van der Waals surface area contributed by atoms with Crippen LogP contribution in [0, 0.1) is 19.8 Å².